The molecule has 130 valence electrons. The van der Waals surface area contributed by atoms with Gasteiger partial charge in [-0.25, -0.2) is 4.39 Å². The van der Waals surface area contributed by atoms with E-state index in [1.54, 1.807) is 0 Å². The molecule has 1 heterocycles. The highest BCUT2D eigenvalue weighted by molar-refractivity contribution is 6.30. The topological polar surface area (TPSA) is 113 Å². The average molecular weight is 358 g/mol. The quantitative estimate of drug-likeness (QED) is 0.640. The van der Waals surface area contributed by atoms with Crippen molar-refractivity contribution in [3.8, 4) is 0 Å². The fraction of sp³-hybridized carbons (Fsp3) is 0.400. The third kappa shape index (κ3) is 3.49. The van der Waals surface area contributed by atoms with Crippen LogP contribution in [0.25, 0.3) is 0 Å². The summed E-state index contributed by atoms with van der Waals surface area (Å²) < 4.78 is 13.3. The molecule has 1 aromatic carbocycles. The number of nitrogens with two attached hydrogens (primary N) is 1. The Kier molecular flexibility index (Phi) is 5.10. The van der Waals surface area contributed by atoms with Crippen LogP contribution >= 0.6 is 11.6 Å². The fourth-order valence-electron chi connectivity index (χ4n) is 2.50. The van der Waals surface area contributed by atoms with E-state index < -0.39 is 35.2 Å². The summed E-state index contributed by atoms with van der Waals surface area (Å²) in [6, 6.07) is 2.81. The Bertz CT molecular complexity index is 679. The summed E-state index contributed by atoms with van der Waals surface area (Å²) in [6.07, 6.45) is -0.167. The smallest absolute Gasteiger partial charge is 0.265 e. The second kappa shape index (κ2) is 6.74. The maximum absolute atomic E-state index is 13.3. The number of hydrogen-bond donors (Lipinski definition) is 3. The lowest BCUT2D eigenvalue weighted by molar-refractivity contribution is -0.156. The molecule has 3 amide bonds. The molecule has 0 unspecified atom stereocenters. The second-order valence-corrected chi connectivity index (χ2v) is 6.08. The molecular formula is C15H17ClFN3O4. The number of benzene rings is 1. The summed E-state index contributed by atoms with van der Waals surface area (Å²) in [7, 11) is 0. The molecule has 0 saturated carbocycles. The van der Waals surface area contributed by atoms with Gasteiger partial charge in [-0.3, -0.25) is 14.4 Å². The number of nitrogens with one attached hydrogen (secondary N) is 1. The van der Waals surface area contributed by atoms with E-state index in [0.717, 1.165) is 11.0 Å². The zero-order chi connectivity index (χ0) is 18.1. The SMILES string of the molecule is C[C@@H](C(N)=O)N1CC[C@](O)(C(=O)NCc2cc(F)cc(Cl)c2)C1=O. The van der Waals surface area contributed by atoms with Gasteiger partial charge in [0.05, 0.1) is 0 Å². The van der Waals surface area contributed by atoms with Crippen LogP contribution in [0.1, 0.15) is 18.9 Å². The summed E-state index contributed by atoms with van der Waals surface area (Å²) in [5.41, 5.74) is 3.25. The second-order valence-electron chi connectivity index (χ2n) is 5.65. The largest absolute Gasteiger partial charge is 0.372 e. The van der Waals surface area contributed by atoms with Crippen LogP contribution < -0.4 is 11.1 Å². The number of nitrogens with zero attached hydrogens (tertiary/aromatic N) is 1. The van der Waals surface area contributed by atoms with E-state index >= 15 is 0 Å². The van der Waals surface area contributed by atoms with Gasteiger partial charge in [0.25, 0.3) is 11.8 Å². The highest BCUT2D eigenvalue weighted by atomic mass is 35.5. The van der Waals surface area contributed by atoms with Crippen molar-refractivity contribution in [1.82, 2.24) is 10.2 Å². The van der Waals surface area contributed by atoms with Crippen molar-refractivity contribution in [2.45, 2.75) is 31.5 Å². The molecule has 0 aliphatic carbocycles. The summed E-state index contributed by atoms with van der Waals surface area (Å²) in [6.45, 7) is 1.33. The molecule has 9 heteroatoms. The molecule has 2 rings (SSSR count). The van der Waals surface area contributed by atoms with E-state index in [1.807, 2.05) is 0 Å². The predicted octanol–water partition coefficient (Wildman–Crippen LogP) is -0.0675. The lowest BCUT2D eigenvalue weighted by Crippen LogP contribution is -2.54. The number of rotatable bonds is 5. The Morgan fingerprint density at radius 1 is 1.50 bits per heavy atom. The van der Waals surface area contributed by atoms with Gasteiger partial charge in [0.2, 0.25) is 11.5 Å². The third-order valence-electron chi connectivity index (χ3n) is 3.96. The summed E-state index contributed by atoms with van der Waals surface area (Å²) in [5.74, 6) is -3.11. The van der Waals surface area contributed by atoms with Crippen molar-refractivity contribution in [2.24, 2.45) is 5.73 Å². The first kappa shape index (κ1) is 18.2. The number of likely N-dealkylation sites (tertiary alicyclic amines) is 1. The standard InChI is InChI=1S/C15H17ClFN3O4/c1-8(12(18)21)20-3-2-15(24,14(20)23)13(22)19-7-9-4-10(16)6-11(17)5-9/h4-6,8,24H,2-3,7H2,1H3,(H2,18,21)(H,19,22)/t8-,15-/m0/s1. The average Bonchev–Trinajstić information content (AvgIpc) is 2.80. The van der Waals surface area contributed by atoms with Crippen LogP contribution in [0.15, 0.2) is 18.2 Å². The molecule has 1 fully saturated rings. The van der Waals surface area contributed by atoms with E-state index in [2.05, 4.69) is 5.32 Å². The first-order chi connectivity index (χ1) is 11.1. The van der Waals surface area contributed by atoms with Gasteiger partial charge in [-0.15, -0.1) is 0 Å². The van der Waals surface area contributed by atoms with E-state index in [9.17, 15) is 23.9 Å². The van der Waals surface area contributed by atoms with Gasteiger partial charge in [0.1, 0.15) is 11.9 Å². The summed E-state index contributed by atoms with van der Waals surface area (Å²) in [5, 5.41) is 12.9. The fourth-order valence-corrected chi connectivity index (χ4v) is 2.75. The van der Waals surface area contributed by atoms with Crippen molar-refractivity contribution in [2.75, 3.05) is 6.54 Å². The molecule has 4 N–H and O–H groups in total. The van der Waals surface area contributed by atoms with Crippen LogP contribution in [0, 0.1) is 5.82 Å². The molecular weight excluding hydrogens is 341 g/mol. The number of carbonyl (C=O) groups is 3. The molecule has 1 aromatic rings. The van der Waals surface area contributed by atoms with Gasteiger partial charge in [0.15, 0.2) is 0 Å². The van der Waals surface area contributed by atoms with Gasteiger partial charge in [-0.05, 0) is 30.7 Å². The Morgan fingerprint density at radius 3 is 2.75 bits per heavy atom. The van der Waals surface area contributed by atoms with Crippen LogP contribution in [0.3, 0.4) is 0 Å². The Labute approximate surface area is 142 Å². The molecule has 7 nitrogen and oxygen atoms in total. The predicted molar refractivity (Wildman–Crippen MR) is 83.2 cm³/mol. The van der Waals surface area contributed by atoms with Crippen LogP contribution in [0.5, 0.6) is 0 Å². The normalized spacial score (nSPS) is 21.7. The van der Waals surface area contributed by atoms with Crippen molar-refractivity contribution in [3.63, 3.8) is 0 Å². The minimum absolute atomic E-state index is 0.0264. The van der Waals surface area contributed by atoms with Crippen LogP contribution in [-0.2, 0) is 20.9 Å². The lowest BCUT2D eigenvalue weighted by Gasteiger charge is -2.24. The Morgan fingerprint density at radius 2 is 2.17 bits per heavy atom. The van der Waals surface area contributed by atoms with Crippen LogP contribution in [-0.4, -0.2) is 45.9 Å². The van der Waals surface area contributed by atoms with Crippen LogP contribution in [0.4, 0.5) is 4.39 Å². The molecule has 0 spiro atoms. The number of amides is 3. The van der Waals surface area contributed by atoms with Crippen LogP contribution in [0.2, 0.25) is 5.02 Å². The zero-order valence-electron chi connectivity index (χ0n) is 12.9. The Balaban J connectivity index is 2.06. The highest BCUT2D eigenvalue weighted by Crippen LogP contribution is 2.25. The number of hydrogen-bond acceptors (Lipinski definition) is 4. The van der Waals surface area contributed by atoms with E-state index in [4.69, 9.17) is 17.3 Å². The van der Waals surface area contributed by atoms with Crippen molar-refractivity contribution >= 4 is 29.3 Å². The number of halogens is 2. The van der Waals surface area contributed by atoms with Crippen molar-refractivity contribution in [3.05, 3.63) is 34.6 Å². The van der Waals surface area contributed by atoms with Gasteiger partial charge in [-0.2, -0.15) is 0 Å². The molecule has 0 aromatic heterocycles. The van der Waals surface area contributed by atoms with E-state index in [1.165, 1.54) is 19.1 Å². The first-order valence-corrected chi connectivity index (χ1v) is 7.59. The molecule has 0 radical (unpaired) electrons. The number of primary amides is 1. The van der Waals surface area contributed by atoms with E-state index in [0.29, 0.717) is 5.56 Å². The Hall–Kier alpha value is -2.19. The molecule has 1 aliphatic heterocycles. The maximum atomic E-state index is 13.3. The number of aliphatic hydroxyl groups is 1. The van der Waals surface area contributed by atoms with E-state index in [-0.39, 0.29) is 24.5 Å². The minimum atomic E-state index is -2.28. The maximum Gasteiger partial charge on any atom is 0.265 e. The van der Waals surface area contributed by atoms with Gasteiger partial charge < -0.3 is 21.1 Å². The molecule has 1 saturated heterocycles. The van der Waals surface area contributed by atoms with Gasteiger partial charge in [-0.1, -0.05) is 11.6 Å². The highest BCUT2D eigenvalue weighted by Gasteiger charge is 2.52. The minimum Gasteiger partial charge on any atom is -0.372 e. The third-order valence-corrected chi connectivity index (χ3v) is 4.18. The monoisotopic (exact) mass is 357 g/mol. The van der Waals surface area contributed by atoms with Crippen molar-refractivity contribution < 1.29 is 23.9 Å². The summed E-state index contributed by atoms with van der Waals surface area (Å²) in [4.78, 5) is 36.7. The first-order valence-electron chi connectivity index (χ1n) is 7.21. The lowest BCUT2D eigenvalue weighted by atomic mass is 10.0. The number of carbonyl (C=O) groups excluding carboxylic acids is 3. The van der Waals surface area contributed by atoms with Crippen molar-refractivity contribution in [1.29, 1.82) is 0 Å². The molecule has 1 aliphatic rings. The molecule has 2 atom stereocenters. The summed E-state index contributed by atoms with van der Waals surface area (Å²) >= 11 is 5.72. The molecule has 24 heavy (non-hydrogen) atoms. The zero-order valence-corrected chi connectivity index (χ0v) is 13.6. The molecule has 0 bridgehead atoms. The van der Waals surface area contributed by atoms with Gasteiger partial charge >= 0.3 is 0 Å². The van der Waals surface area contributed by atoms with Gasteiger partial charge in [0, 0.05) is 24.5 Å².